The molecule has 0 unspecified atom stereocenters. The van der Waals surface area contributed by atoms with Gasteiger partial charge in [0.1, 0.15) is 0 Å². The normalized spacial score (nSPS) is 16.5. The lowest BCUT2D eigenvalue weighted by molar-refractivity contribution is -0.135. The van der Waals surface area contributed by atoms with Crippen LogP contribution in [0.15, 0.2) is 22.7 Å². The number of halogens is 2. The molecule has 0 saturated carbocycles. The quantitative estimate of drug-likeness (QED) is 0.869. The molecular formula is C16H22BrClN2O. The maximum absolute atomic E-state index is 11.9. The van der Waals surface area contributed by atoms with Crippen LogP contribution in [0.4, 0.5) is 0 Å². The van der Waals surface area contributed by atoms with Crippen LogP contribution in [-0.4, -0.2) is 29.9 Å². The number of amides is 1. The molecule has 5 heteroatoms. The van der Waals surface area contributed by atoms with Crippen LogP contribution >= 0.6 is 27.5 Å². The Kier molecular flexibility index (Phi) is 6.08. The van der Waals surface area contributed by atoms with Crippen LogP contribution in [0.3, 0.4) is 0 Å². The van der Waals surface area contributed by atoms with Crippen LogP contribution in [0, 0.1) is 5.92 Å². The number of piperidine rings is 1. The first-order valence-electron chi connectivity index (χ1n) is 7.43. The molecule has 1 heterocycles. The van der Waals surface area contributed by atoms with Gasteiger partial charge in [0.15, 0.2) is 0 Å². The van der Waals surface area contributed by atoms with E-state index < -0.39 is 0 Å². The van der Waals surface area contributed by atoms with E-state index in [0.717, 1.165) is 42.0 Å². The van der Waals surface area contributed by atoms with Crippen molar-refractivity contribution in [3.8, 4) is 0 Å². The first kappa shape index (κ1) is 16.8. The third-order valence-corrected chi connectivity index (χ3v) is 4.87. The van der Waals surface area contributed by atoms with Crippen LogP contribution in [0.5, 0.6) is 0 Å². The highest BCUT2D eigenvalue weighted by molar-refractivity contribution is 9.10. The number of nitrogens with one attached hydrogen (secondary N) is 1. The van der Waals surface area contributed by atoms with Gasteiger partial charge in [-0.15, -0.1) is 0 Å². The summed E-state index contributed by atoms with van der Waals surface area (Å²) < 4.78 is 1.04. The summed E-state index contributed by atoms with van der Waals surface area (Å²) in [5, 5.41) is 4.32. The van der Waals surface area contributed by atoms with E-state index in [1.165, 1.54) is 5.56 Å². The van der Waals surface area contributed by atoms with Gasteiger partial charge in [-0.25, -0.2) is 0 Å². The standard InChI is InChI=1S/C16H22BrClN2O/c1-11(2)16(21)20-7-5-14(6-8-20)19-10-12-3-4-13(18)9-15(12)17/h3-4,9,11,14,19H,5-8,10H2,1-2H3. The van der Waals surface area contributed by atoms with Crippen molar-refractivity contribution in [1.29, 1.82) is 0 Å². The molecule has 0 radical (unpaired) electrons. The fraction of sp³-hybridized carbons (Fsp3) is 0.562. The molecule has 0 bridgehead atoms. The van der Waals surface area contributed by atoms with Gasteiger partial charge in [-0.05, 0) is 30.5 Å². The molecule has 1 aliphatic heterocycles. The molecule has 3 nitrogen and oxygen atoms in total. The van der Waals surface area contributed by atoms with Crippen molar-refractivity contribution in [1.82, 2.24) is 10.2 Å². The van der Waals surface area contributed by atoms with Crippen molar-refractivity contribution >= 4 is 33.4 Å². The minimum atomic E-state index is 0.0968. The minimum Gasteiger partial charge on any atom is -0.342 e. The van der Waals surface area contributed by atoms with E-state index in [0.29, 0.717) is 6.04 Å². The number of likely N-dealkylation sites (tertiary alicyclic amines) is 1. The van der Waals surface area contributed by atoms with Gasteiger partial charge >= 0.3 is 0 Å². The molecule has 1 aromatic carbocycles. The molecule has 0 aromatic heterocycles. The van der Waals surface area contributed by atoms with Gasteiger partial charge < -0.3 is 10.2 Å². The first-order valence-corrected chi connectivity index (χ1v) is 8.60. The number of benzene rings is 1. The molecule has 116 valence electrons. The van der Waals surface area contributed by atoms with Crippen molar-refractivity contribution in [3.63, 3.8) is 0 Å². The fourth-order valence-corrected chi connectivity index (χ4v) is 3.41. The zero-order valence-electron chi connectivity index (χ0n) is 12.5. The molecule has 0 spiro atoms. The summed E-state index contributed by atoms with van der Waals surface area (Å²) in [4.78, 5) is 13.9. The van der Waals surface area contributed by atoms with E-state index in [1.807, 2.05) is 36.9 Å². The lowest BCUT2D eigenvalue weighted by atomic mass is 10.0. The summed E-state index contributed by atoms with van der Waals surface area (Å²) in [6, 6.07) is 6.34. The predicted molar refractivity (Wildman–Crippen MR) is 90.4 cm³/mol. The zero-order valence-corrected chi connectivity index (χ0v) is 14.9. The monoisotopic (exact) mass is 372 g/mol. The molecule has 1 N–H and O–H groups in total. The summed E-state index contributed by atoms with van der Waals surface area (Å²) in [5.74, 6) is 0.369. The molecule has 0 atom stereocenters. The second kappa shape index (κ2) is 7.61. The molecule has 1 fully saturated rings. The Morgan fingerprint density at radius 3 is 2.67 bits per heavy atom. The van der Waals surface area contributed by atoms with E-state index in [-0.39, 0.29) is 11.8 Å². The van der Waals surface area contributed by atoms with E-state index in [4.69, 9.17) is 11.6 Å². The van der Waals surface area contributed by atoms with Gasteiger partial charge in [0.2, 0.25) is 5.91 Å². The second-order valence-electron chi connectivity index (χ2n) is 5.87. The van der Waals surface area contributed by atoms with Gasteiger partial charge in [0.25, 0.3) is 0 Å². The van der Waals surface area contributed by atoms with Crippen LogP contribution in [0.1, 0.15) is 32.3 Å². The molecule has 1 saturated heterocycles. The molecule has 0 aliphatic carbocycles. The molecule has 21 heavy (non-hydrogen) atoms. The van der Waals surface area contributed by atoms with Crippen LogP contribution in [-0.2, 0) is 11.3 Å². The Bertz CT molecular complexity index is 499. The zero-order chi connectivity index (χ0) is 15.4. The number of hydrogen-bond donors (Lipinski definition) is 1. The highest BCUT2D eigenvalue weighted by Crippen LogP contribution is 2.22. The molecule has 1 aliphatic rings. The number of carbonyl (C=O) groups is 1. The number of nitrogens with zero attached hydrogens (tertiary/aromatic N) is 1. The van der Waals surface area contributed by atoms with Gasteiger partial charge in [0, 0.05) is 41.1 Å². The van der Waals surface area contributed by atoms with Gasteiger partial charge in [-0.1, -0.05) is 47.4 Å². The van der Waals surface area contributed by atoms with E-state index in [9.17, 15) is 4.79 Å². The van der Waals surface area contributed by atoms with Crippen LogP contribution in [0.25, 0.3) is 0 Å². The minimum absolute atomic E-state index is 0.0968. The maximum Gasteiger partial charge on any atom is 0.225 e. The summed E-state index contributed by atoms with van der Waals surface area (Å²) in [7, 11) is 0. The van der Waals surface area contributed by atoms with Gasteiger partial charge in [0.05, 0.1) is 0 Å². The third kappa shape index (κ3) is 4.70. The highest BCUT2D eigenvalue weighted by atomic mass is 79.9. The predicted octanol–water partition coefficient (Wildman–Crippen LogP) is 3.84. The summed E-state index contributed by atoms with van der Waals surface area (Å²) in [5.41, 5.74) is 1.21. The number of hydrogen-bond acceptors (Lipinski definition) is 2. The lowest BCUT2D eigenvalue weighted by Gasteiger charge is -2.33. The Hall–Kier alpha value is -0.580. The lowest BCUT2D eigenvalue weighted by Crippen LogP contribution is -2.46. The number of rotatable bonds is 4. The average molecular weight is 374 g/mol. The van der Waals surface area contributed by atoms with Crippen LogP contribution in [0.2, 0.25) is 5.02 Å². The average Bonchev–Trinajstić information content (AvgIpc) is 2.46. The number of carbonyl (C=O) groups excluding carboxylic acids is 1. The second-order valence-corrected chi connectivity index (χ2v) is 7.16. The Morgan fingerprint density at radius 2 is 2.10 bits per heavy atom. The van der Waals surface area contributed by atoms with E-state index in [2.05, 4.69) is 21.2 Å². The summed E-state index contributed by atoms with van der Waals surface area (Å²) in [6.45, 7) is 6.46. The Morgan fingerprint density at radius 1 is 1.43 bits per heavy atom. The molecular weight excluding hydrogens is 352 g/mol. The van der Waals surface area contributed by atoms with E-state index >= 15 is 0 Å². The largest absolute Gasteiger partial charge is 0.342 e. The first-order chi connectivity index (χ1) is 9.97. The van der Waals surface area contributed by atoms with Crippen molar-refractivity contribution in [2.24, 2.45) is 5.92 Å². The summed E-state index contributed by atoms with van der Waals surface area (Å²) in [6.07, 6.45) is 2.04. The molecule has 1 amide bonds. The Balaban J connectivity index is 1.80. The van der Waals surface area contributed by atoms with Crippen molar-refractivity contribution in [3.05, 3.63) is 33.3 Å². The molecule has 1 aromatic rings. The topological polar surface area (TPSA) is 32.3 Å². The van der Waals surface area contributed by atoms with E-state index in [1.54, 1.807) is 0 Å². The third-order valence-electron chi connectivity index (χ3n) is 3.90. The maximum atomic E-state index is 11.9. The molecule has 2 rings (SSSR count). The van der Waals surface area contributed by atoms with Crippen molar-refractivity contribution in [2.45, 2.75) is 39.3 Å². The smallest absolute Gasteiger partial charge is 0.225 e. The van der Waals surface area contributed by atoms with Gasteiger partial charge in [-0.2, -0.15) is 0 Å². The SMILES string of the molecule is CC(C)C(=O)N1CCC(NCc2ccc(Cl)cc2Br)CC1. The van der Waals surface area contributed by atoms with Crippen LogP contribution < -0.4 is 5.32 Å². The Labute approximate surface area is 140 Å². The highest BCUT2D eigenvalue weighted by Gasteiger charge is 2.23. The van der Waals surface area contributed by atoms with Crippen molar-refractivity contribution in [2.75, 3.05) is 13.1 Å². The fourth-order valence-electron chi connectivity index (χ4n) is 2.59. The van der Waals surface area contributed by atoms with Gasteiger partial charge in [-0.3, -0.25) is 4.79 Å². The van der Waals surface area contributed by atoms with Crippen molar-refractivity contribution < 1.29 is 4.79 Å². The summed E-state index contributed by atoms with van der Waals surface area (Å²) >= 11 is 9.49.